The molecule has 0 spiro atoms. The number of morpholine rings is 1. The van der Waals surface area contributed by atoms with Gasteiger partial charge in [0.1, 0.15) is 0 Å². The van der Waals surface area contributed by atoms with E-state index in [-0.39, 0.29) is 23.8 Å². The molecule has 1 N–H and O–H groups in total. The van der Waals surface area contributed by atoms with Crippen LogP contribution in [0.3, 0.4) is 0 Å². The van der Waals surface area contributed by atoms with E-state index in [9.17, 15) is 9.59 Å². The van der Waals surface area contributed by atoms with Crippen molar-refractivity contribution in [2.24, 2.45) is 0 Å². The van der Waals surface area contributed by atoms with Gasteiger partial charge in [-0.1, -0.05) is 6.08 Å². The SMILES string of the molecule is C=CCNC(=O)N1CCOC(CN(CCOC)C(=O)c2ccco2)C1. The molecule has 1 aromatic rings. The molecule has 2 heterocycles. The Morgan fingerprint density at radius 2 is 2.40 bits per heavy atom. The highest BCUT2D eigenvalue weighted by Gasteiger charge is 2.28. The molecule has 1 aromatic heterocycles. The fourth-order valence-electron chi connectivity index (χ4n) is 2.56. The number of amides is 3. The number of carbonyl (C=O) groups excluding carboxylic acids is 2. The molecule has 8 nitrogen and oxygen atoms in total. The Balaban J connectivity index is 1.96. The third kappa shape index (κ3) is 5.61. The highest BCUT2D eigenvalue weighted by atomic mass is 16.5. The minimum atomic E-state index is -0.265. The molecule has 138 valence electrons. The molecule has 1 fully saturated rings. The Bertz CT molecular complexity index is 561. The predicted octanol–water partition coefficient (Wildman–Crippen LogP) is 0.965. The molecule has 1 atom stereocenters. The van der Waals surface area contributed by atoms with Crippen molar-refractivity contribution in [3.05, 3.63) is 36.8 Å². The predicted molar refractivity (Wildman–Crippen MR) is 91.4 cm³/mol. The minimum absolute atomic E-state index is 0.158. The van der Waals surface area contributed by atoms with Gasteiger partial charge in [-0.05, 0) is 12.1 Å². The molecule has 0 aromatic carbocycles. The van der Waals surface area contributed by atoms with Gasteiger partial charge in [0.25, 0.3) is 5.91 Å². The lowest BCUT2D eigenvalue weighted by atomic mass is 10.2. The quantitative estimate of drug-likeness (QED) is 0.706. The number of furan rings is 1. The van der Waals surface area contributed by atoms with Gasteiger partial charge in [-0.3, -0.25) is 4.79 Å². The van der Waals surface area contributed by atoms with Gasteiger partial charge in [-0.25, -0.2) is 4.79 Å². The largest absolute Gasteiger partial charge is 0.459 e. The zero-order valence-corrected chi connectivity index (χ0v) is 14.5. The van der Waals surface area contributed by atoms with Crippen LogP contribution < -0.4 is 5.32 Å². The molecule has 3 amide bonds. The lowest BCUT2D eigenvalue weighted by molar-refractivity contribution is -0.0298. The lowest BCUT2D eigenvalue weighted by Gasteiger charge is -2.35. The molecule has 2 rings (SSSR count). The summed E-state index contributed by atoms with van der Waals surface area (Å²) in [6.07, 6.45) is 2.83. The van der Waals surface area contributed by atoms with Crippen LogP contribution in [0.5, 0.6) is 0 Å². The summed E-state index contributed by atoms with van der Waals surface area (Å²) in [5.74, 6) is 0.0476. The number of nitrogens with zero attached hydrogens (tertiary/aromatic N) is 2. The molecular formula is C17H25N3O5. The fraction of sp³-hybridized carbons (Fsp3) is 0.529. The first-order chi connectivity index (χ1) is 12.2. The van der Waals surface area contributed by atoms with E-state index in [1.54, 1.807) is 35.1 Å². The van der Waals surface area contributed by atoms with Crippen molar-refractivity contribution < 1.29 is 23.5 Å². The Kier molecular flexibility index (Phi) is 7.49. The van der Waals surface area contributed by atoms with E-state index in [0.717, 1.165) is 0 Å². The van der Waals surface area contributed by atoms with Crippen molar-refractivity contribution in [3.8, 4) is 0 Å². The number of ether oxygens (including phenoxy) is 2. The smallest absolute Gasteiger partial charge is 0.317 e. The standard InChI is InChI=1S/C17H25N3O5/c1-3-6-18-17(22)20-8-11-24-14(13-20)12-19(7-10-23-2)16(21)15-5-4-9-25-15/h3-5,9,14H,1,6-8,10-13H2,2H3,(H,18,22). The zero-order chi connectivity index (χ0) is 18.1. The fourth-order valence-corrected chi connectivity index (χ4v) is 2.56. The monoisotopic (exact) mass is 351 g/mol. The second-order valence-electron chi connectivity index (χ2n) is 5.63. The van der Waals surface area contributed by atoms with Gasteiger partial charge < -0.3 is 29.0 Å². The van der Waals surface area contributed by atoms with Crippen molar-refractivity contribution in [2.75, 3.05) is 53.0 Å². The van der Waals surface area contributed by atoms with Crippen LogP contribution in [-0.4, -0.2) is 80.9 Å². The Morgan fingerprint density at radius 1 is 1.56 bits per heavy atom. The number of hydrogen-bond acceptors (Lipinski definition) is 5. The van der Waals surface area contributed by atoms with Crippen LogP contribution in [0.2, 0.25) is 0 Å². The van der Waals surface area contributed by atoms with Gasteiger partial charge in [0.05, 0.1) is 32.1 Å². The van der Waals surface area contributed by atoms with Gasteiger partial charge in [0.2, 0.25) is 0 Å². The van der Waals surface area contributed by atoms with Crippen molar-refractivity contribution in [2.45, 2.75) is 6.10 Å². The first kappa shape index (κ1) is 19.0. The van der Waals surface area contributed by atoms with Crippen LogP contribution in [0.15, 0.2) is 35.5 Å². The van der Waals surface area contributed by atoms with E-state index < -0.39 is 0 Å². The summed E-state index contributed by atoms with van der Waals surface area (Å²) in [6, 6.07) is 3.14. The van der Waals surface area contributed by atoms with Crippen molar-refractivity contribution in [3.63, 3.8) is 0 Å². The molecule has 25 heavy (non-hydrogen) atoms. The van der Waals surface area contributed by atoms with E-state index in [1.807, 2.05) is 0 Å². The first-order valence-electron chi connectivity index (χ1n) is 8.22. The Morgan fingerprint density at radius 3 is 3.08 bits per heavy atom. The van der Waals surface area contributed by atoms with Crippen molar-refractivity contribution in [1.82, 2.24) is 15.1 Å². The zero-order valence-electron chi connectivity index (χ0n) is 14.5. The van der Waals surface area contributed by atoms with Crippen molar-refractivity contribution >= 4 is 11.9 Å². The summed E-state index contributed by atoms with van der Waals surface area (Å²) >= 11 is 0. The summed E-state index contributed by atoms with van der Waals surface area (Å²) in [5, 5.41) is 2.75. The second-order valence-corrected chi connectivity index (χ2v) is 5.63. The molecular weight excluding hydrogens is 326 g/mol. The van der Waals surface area contributed by atoms with Gasteiger partial charge in [-0.2, -0.15) is 0 Å². The average molecular weight is 351 g/mol. The highest BCUT2D eigenvalue weighted by molar-refractivity contribution is 5.91. The number of nitrogens with one attached hydrogen (secondary N) is 1. The maximum atomic E-state index is 12.6. The number of hydrogen-bond donors (Lipinski definition) is 1. The van der Waals surface area contributed by atoms with Gasteiger partial charge in [-0.15, -0.1) is 6.58 Å². The number of carbonyl (C=O) groups is 2. The molecule has 1 saturated heterocycles. The van der Waals surface area contributed by atoms with Crippen molar-refractivity contribution in [1.29, 1.82) is 0 Å². The van der Waals surface area contributed by atoms with Crippen LogP contribution in [-0.2, 0) is 9.47 Å². The van der Waals surface area contributed by atoms with E-state index in [0.29, 0.717) is 45.9 Å². The normalized spacial score (nSPS) is 17.2. The molecule has 0 radical (unpaired) electrons. The van der Waals surface area contributed by atoms with Gasteiger partial charge in [0, 0.05) is 33.3 Å². The van der Waals surface area contributed by atoms with Crippen LogP contribution >= 0.6 is 0 Å². The van der Waals surface area contributed by atoms with Crippen LogP contribution in [0, 0.1) is 0 Å². The average Bonchev–Trinajstić information content (AvgIpc) is 3.17. The first-order valence-corrected chi connectivity index (χ1v) is 8.22. The lowest BCUT2D eigenvalue weighted by Crippen LogP contribution is -2.53. The van der Waals surface area contributed by atoms with Crippen LogP contribution in [0.1, 0.15) is 10.6 Å². The molecule has 1 unspecified atom stereocenters. The Hall–Kier alpha value is -2.32. The second kappa shape index (κ2) is 9.85. The molecule has 0 saturated carbocycles. The maximum absolute atomic E-state index is 12.6. The van der Waals surface area contributed by atoms with Gasteiger partial charge >= 0.3 is 6.03 Å². The molecule has 0 bridgehead atoms. The third-order valence-electron chi connectivity index (χ3n) is 3.83. The summed E-state index contributed by atoms with van der Waals surface area (Å²) < 4.78 is 16.0. The highest BCUT2D eigenvalue weighted by Crippen LogP contribution is 2.11. The number of rotatable bonds is 8. The van der Waals surface area contributed by atoms with Crippen LogP contribution in [0.25, 0.3) is 0 Å². The van der Waals surface area contributed by atoms with E-state index in [1.165, 1.54) is 6.26 Å². The maximum Gasteiger partial charge on any atom is 0.317 e. The summed E-state index contributed by atoms with van der Waals surface area (Å²) in [6.45, 7) is 6.53. The third-order valence-corrected chi connectivity index (χ3v) is 3.83. The minimum Gasteiger partial charge on any atom is -0.459 e. The van der Waals surface area contributed by atoms with E-state index in [2.05, 4.69) is 11.9 Å². The molecule has 1 aliphatic heterocycles. The summed E-state index contributed by atoms with van der Waals surface area (Å²) in [4.78, 5) is 27.9. The Labute approximate surface area is 147 Å². The summed E-state index contributed by atoms with van der Waals surface area (Å²) in [5.41, 5.74) is 0. The van der Waals surface area contributed by atoms with Crippen LogP contribution in [0.4, 0.5) is 4.79 Å². The summed E-state index contributed by atoms with van der Waals surface area (Å²) in [7, 11) is 1.58. The molecule has 0 aliphatic carbocycles. The van der Waals surface area contributed by atoms with E-state index in [4.69, 9.17) is 13.9 Å². The number of urea groups is 1. The van der Waals surface area contributed by atoms with E-state index >= 15 is 0 Å². The van der Waals surface area contributed by atoms with Gasteiger partial charge in [0.15, 0.2) is 5.76 Å². The number of methoxy groups -OCH3 is 1. The topological polar surface area (TPSA) is 84.3 Å². The molecule has 1 aliphatic rings. The molecule has 8 heteroatoms.